The lowest BCUT2D eigenvalue weighted by Crippen LogP contribution is -2.05. The van der Waals surface area contributed by atoms with E-state index in [0.717, 1.165) is 45.5 Å². The molecule has 4 nitrogen and oxygen atoms in total. The van der Waals surface area contributed by atoms with Gasteiger partial charge in [0.05, 0.1) is 41.3 Å². The molecule has 0 radical (unpaired) electrons. The molecule has 0 spiro atoms. The van der Waals surface area contributed by atoms with Crippen LogP contribution in [0, 0.1) is 13.8 Å². The third-order valence-electron chi connectivity index (χ3n) is 4.50. The molecule has 0 unspecified atom stereocenters. The number of rotatable bonds is 5. The van der Waals surface area contributed by atoms with Crippen LogP contribution in [0.3, 0.4) is 0 Å². The summed E-state index contributed by atoms with van der Waals surface area (Å²) in [6, 6.07) is 19.9. The van der Waals surface area contributed by atoms with Crippen LogP contribution in [-0.4, -0.2) is 23.5 Å². The van der Waals surface area contributed by atoms with Gasteiger partial charge in [-0.3, -0.25) is 9.98 Å². The van der Waals surface area contributed by atoms with E-state index < -0.39 is 0 Å². The molecule has 0 aliphatic carbocycles. The molecule has 4 heteroatoms. The van der Waals surface area contributed by atoms with E-state index in [2.05, 4.69) is 37.0 Å². The predicted octanol–water partition coefficient (Wildman–Crippen LogP) is 5.99. The van der Waals surface area contributed by atoms with Crippen molar-refractivity contribution in [2.24, 2.45) is 9.98 Å². The summed E-state index contributed by atoms with van der Waals surface area (Å²) in [5, 5.41) is 0. The van der Waals surface area contributed by atoms with E-state index in [1.165, 1.54) is 5.56 Å². The minimum atomic E-state index is 0.815. The Hall–Kier alpha value is -3.27. The average Bonchev–Trinajstić information content (AvgIpc) is 2.70. The maximum absolute atomic E-state index is 5.19. The van der Waals surface area contributed by atoms with Gasteiger partial charge in [0.15, 0.2) is 0 Å². The van der Waals surface area contributed by atoms with Gasteiger partial charge in [0.2, 0.25) is 0 Å². The number of hydrogen-bond donors (Lipinski definition) is 0. The highest BCUT2D eigenvalue weighted by atomic mass is 16.5. The van der Waals surface area contributed by atoms with Crippen LogP contribution in [0.15, 0.2) is 70.6 Å². The molecule has 0 amide bonds. The van der Waals surface area contributed by atoms with Crippen LogP contribution in [0.5, 0.6) is 5.75 Å². The maximum Gasteiger partial charge on any atom is 0.119 e. The van der Waals surface area contributed by atoms with Crippen LogP contribution < -0.4 is 4.74 Å². The Labute approximate surface area is 166 Å². The van der Waals surface area contributed by atoms with E-state index >= 15 is 0 Å². The van der Waals surface area contributed by atoms with Crippen molar-refractivity contribution in [1.82, 2.24) is 4.98 Å². The van der Waals surface area contributed by atoms with Crippen molar-refractivity contribution >= 4 is 22.8 Å². The molecule has 1 aromatic heterocycles. The molecule has 0 fully saturated rings. The third kappa shape index (κ3) is 4.71. The predicted molar refractivity (Wildman–Crippen MR) is 117 cm³/mol. The summed E-state index contributed by atoms with van der Waals surface area (Å²) in [4.78, 5) is 14.2. The average molecular weight is 371 g/mol. The number of aromatic nitrogens is 1. The molecule has 28 heavy (non-hydrogen) atoms. The molecule has 142 valence electrons. The molecule has 3 aromatic rings. The molecular formula is C24H25N3O. The molecular weight excluding hydrogens is 346 g/mol. The van der Waals surface area contributed by atoms with Gasteiger partial charge in [-0.1, -0.05) is 23.8 Å². The van der Waals surface area contributed by atoms with E-state index in [-0.39, 0.29) is 0 Å². The van der Waals surface area contributed by atoms with Crippen molar-refractivity contribution in [3.8, 4) is 5.75 Å². The van der Waals surface area contributed by atoms with Gasteiger partial charge < -0.3 is 4.74 Å². The van der Waals surface area contributed by atoms with Gasteiger partial charge in [-0.25, -0.2) is 4.98 Å². The smallest absolute Gasteiger partial charge is 0.119 e. The SMILES string of the molecule is COc1ccc(N=C(C)c2cccc(C(C)=Nc3ccc(C)cc3C)n2)cc1. The summed E-state index contributed by atoms with van der Waals surface area (Å²) in [6.07, 6.45) is 0. The molecule has 0 N–H and O–H groups in total. The number of hydrogen-bond acceptors (Lipinski definition) is 4. The van der Waals surface area contributed by atoms with Crippen LogP contribution in [0.25, 0.3) is 0 Å². The summed E-state index contributed by atoms with van der Waals surface area (Å²) >= 11 is 0. The van der Waals surface area contributed by atoms with Gasteiger partial charge in [0, 0.05) is 0 Å². The highest BCUT2D eigenvalue weighted by Gasteiger charge is 2.06. The van der Waals surface area contributed by atoms with Crippen molar-refractivity contribution in [1.29, 1.82) is 0 Å². The lowest BCUT2D eigenvalue weighted by Gasteiger charge is -2.07. The van der Waals surface area contributed by atoms with Crippen molar-refractivity contribution in [2.75, 3.05) is 7.11 Å². The maximum atomic E-state index is 5.19. The number of pyridine rings is 1. The monoisotopic (exact) mass is 371 g/mol. The van der Waals surface area contributed by atoms with E-state index in [0.29, 0.717) is 0 Å². The molecule has 0 aliphatic heterocycles. The van der Waals surface area contributed by atoms with Gasteiger partial charge >= 0.3 is 0 Å². The first-order valence-electron chi connectivity index (χ1n) is 9.26. The first-order chi connectivity index (χ1) is 13.5. The van der Waals surface area contributed by atoms with Crippen molar-refractivity contribution in [3.05, 3.63) is 83.2 Å². The van der Waals surface area contributed by atoms with Crippen LogP contribution in [0.4, 0.5) is 11.4 Å². The highest BCUT2D eigenvalue weighted by Crippen LogP contribution is 2.21. The minimum Gasteiger partial charge on any atom is -0.497 e. The second-order valence-corrected chi connectivity index (χ2v) is 6.79. The molecule has 0 atom stereocenters. The summed E-state index contributed by atoms with van der Waals surface area (Å²) in [5.41, 5.74) is 7.65. The summed E-state index contributed by atoms with van der Waals surface area (Å²) in [7, 11) is 1.65. The largest absolute Gasteiger partial charge is 0.497 e. The van der Waals surface area contributed by atoms with Gasteiger partial charge in [0.25, 0.3) is 0 Å². The Morgan fingerprint density at radius 2 is 1.46 bits per heavy atom. The molecule has 0 aliphatic rings. The van der Waals surface area contributed by atoms with E-state index in [1.807, 2.05) is 56.3 Å². The number of ether oxygens (including phenoxy) is 1. The zero-order chi connectivity index (χ0) is 20.1. The van der Waals surface area contributed by atoms with Gasteiger partial charge in [-0.2, -0.15) is 0 Å². The first kappa shape index (κ1) is 19.5. The van der Waals surface area contributed by atoms with E-state index in [9.17, 15) is 0 Å². The summed E-state index contributed by atoms with van der Waals surface area (Å²) < 4.78 is 5.19. The van der Waals surface area contributed by atoms with Crippen LogP contribution in [0.2, 0.25) is 0 Å². The van der Waals surface area contributed by atoms with E-state index in [1.54, 1.807) is 7.11 Å². The number of nitrogens with zero attached hydrogens (tertiary/aromatic N) is 3. The number of aliphatic imine (C=N–C) groups is 2. The molecule has 0 saturated carbocycles. The topological polar surface area (TPSA) is 46.8 Å². The van der Waals surface area contributed by atoms with Gasteiger partial charge in [-0.05, 0) is 75.7 Å². The normalized spacial score (nSPS) is 12.2. The Balaban J connectivity index is 1.88. The Morgan fingerprint density at radius 3 is 2.07 bits per heavy atom. The third-order valence-corrected chi connectivity index (χ3v) is 4.50. The Morgan fingerprint density at radius 1 is 0.821 bits per heavy atom. The minimum absolute atomic E-state index is 0.815. The Bertz CT molecular complexity index is 1030. The second kappa shape index (κ2) is 8.61. The quantitative estimate of drug-likeness (QED) is 0.517. The number of methoxy groups -OCH3 is 1. The summed E-state index contributed by atoms with van der Waals surface area (Å²) in [6.45, 7) is 8.12. The number of benzene rings is 2. The fourth-order valence-electron chi connectivity index (χ4n) is 2.91. The molecule has 1 heterocycles. The zero-order valence-electron chi connectivity index (χ0n) is 17.0. The van der Waals surface area contributed by atoms with Crippen molar-refractivity contribution < 1.29 is 4.74 Å². The standard InChI is InChI=1S/C24H25N3O/c1-16-9-14-22(17(2)15-16)26-19(4)24-8-6-7-23(27-24)18(3)25-20-10-12-21(28-5)13-11-20/h6-15H,1-5H3. The van der Waals surface area contributed by atoms with Crippen LogP contribution >= 0.6 is 0 Å². The van der Waals surface area contributed by atoms with Crippen molar-refractivity contribution in [2.45, 2.75) is 27.7 Å². The lowest BCUT2D eigenvalue weighted by molar-refractivity contribution is 0.415. The highest BCUT2D eigenvalue weighted by molar-refractivity contribution is 6.02. The fraction of sp³-hybridized carbons (Fsp3) is 0.208. The van der Waals surface area contributed by atoms with Gasteiger partial charge in [0.1, 0.15) is 5.75 Å². The lowest BCUT2D eigenvalue weighted by atomic mass is 10.1. The molecule has 3 rings (SSSR count). The van der Waals surface area contributed by atoms with Crippen LogP contribution in [0.1, 0.15) is 36.4 Å². The van der Waals surface area contributed by atoms with E-state index in [4.69, 9.17) is 14.7 Å². The zero-order valence-corrected chi connectivity index (χ0v) is 17.0. The molecule has 0 bridgehead atoms. The second-order valence-electron chi connectivity index (χ2n) is 6.79. The molecule has 0 saturated heterocycles. The Kier molecular flexibility index (Phi) is 5.99. The summed E-state index contributed by atoms with van der Waals surface area (Å²) in [5.74, 6) is 0.815. The fourth-order valence-corrected chi connectivity index (χ4v) is 2.91. The molecule has 2 aromatic carbocycles. The number of aryl methyl sites for hydroxylation is 2. The van der Waals surface area contributed by atoms with Crippen LogP contribution in [-0.2, 0) is 0 Å². The van der Waals surface area contributed by atoms with Gasteiger partial charge in [-0.15, -0.1) is 0 Å². The van der Waals surface area contributed by atoms with Crippen molar-refractivity contribution in [3.63, 3.8) is 0 Å². The first-order valence-corrected chi connectivity index (χ1v) is 9.26.